The van der Waals surface area contributed by atoms with Crippen molar-refractivity contribution in [1.82, 2.24) is 34.3 Å². The second-order valence-corrected chi connectivity index (χ2v) is 8.09. The largest absolute Gasteiger partial charge is 0.309 e. The quantitative estimate of drug-likeness (QED) is 0.544. The van der Waals surface area contributed by atoms with Gasteiger partial charge in [0.25, 0.3) is 0 Å². The number of amides is 1. The van der Waals surface area contributed by atoms with Gasteiger partial charge in [-0.15, -0.1) is 10.2 Å². The lowest BCUT2D eigenvalue weighted by Crippen LogP contribution is -2.27. The van der Waals surface area contributed by atoms with Crippen LogP contribution in [0.2, 0.25) is 0 Å². The first-order valence-corrected chi connectivity index (χ1v) is 10.2. The summed E-state index contributed by atoms with van der Waals surface area (Å²) in [5, 5.41) is 16.2. The minimum absolute atomic E-state index is 0.0193. The number of hydrogen-bond donors (Lipinski definition) is 1. The lowest BCUT2D eigenvalue weighted by Gasteiger charge is -2.18. The third kappa shape index (κ3) is 3.20. The molecule has 1 aliphatic heterocycles. The Morgan fingerprint density at radius 2 is 1.97 bits per heavy atom. The maximum absolute atomic E-state index is 12.9. The normalized spacial score (nSPS) is 16.2. The predicted molar refractivity (Wildman–Crippen MR) is 116 cm³/mol. The zero-order valence-corrected chi connectivity index (χ0v) is 17.8. The van der Waals surface area contributed by atoms with E-state index in [1.807, 2.05) is 35.7 Å². The lowest BCUT2D eigenvalue weighted by atomic mass is 9.91. The molecule has 0 saturated carbocycles. The zero-order valence-electron chi connectivity index (χ0n) is 17.8. The summed E-state index contributed by atoms with van der Waals surface area (Å²) in [5.41, 5.74) is 2.24. The maximum atomic E-state index is 12.9. The van der Waals surface area contributed by atoms with Crippen molar-refractivity contribution in [2.24, 2.45) is 13.0 Å². The highest BCUT2D eigenvalue weighted by atomic mass is 16.2. The van der Waals surface area contributed by atoms with E-state index >= 15 is 0 Å². The van der Waals surface area contributed by atoms with Crippen molar-refractivity contribution >= 4 is 29.1 Å². The first-order valence-electron chi connectivity index (χ1n) is 10.2. The van der Waals surface area contributed by atoms with Gasteiger partial charge >= 0.3 is 0 Å². The van der Waals surface area contributed by atoms with E-state index in [-0.39, 0.29) is 17.7 Å². The molecule has 0 aliphatic carbocycles. The molecule has 0 unspecified atom stereocenters. The van der Waals surface area contributed by atoms with Crippen LogP contribution in [0.15, 0.2) is 36.7 Å². The van der Waals surface area contributed by atoms with Crippen LogP contribution in [0.1, 0.15) is 32.0 Å². The molecule has 1 amide bonds. The molecular weight excluding hydrogens is 394 g/mol. The molecule has 1 aliphatic rings. The number of nitrogens with zero attached hydrogens (tertiary/aromatic N) is 8. The monoisotopic (exact) mass is 417 g/mol. The van der Waals surface area contributed by atoms with Crippen LogP contribution in [0.4, 0.5) is 17.6 Å². The van der Waals surface area contributed by atoms with Crippen molar-refractivity contribution in [2.75, 3.05) is 17.3 Å². The molecule has 0 saturated heterocycles. The van der Waals surface area contributed by atoms with Crippen LogP contribution in [0, 0.1) is 5.92 Å². The first-order chi connectivity index (χ1) is 14.9. The Hall–Kier alpha value is -3.82. The number of hydrogen-bond acceptors (Lipinski definition) is 7. The topological polar surface area (TPSA) is 106 Å². The molecule has 1 N–H and O–H groups in total. The third-order valence-electron chi connectivity index (χ3n) is 5.77. The Balaban J connectivity index is 1.61. The summed E-state index contributed by atoms with van der Waals surface area (Å²) in [6.07, 6.45) is 3.81. The van der Waals surface area contributed by atoms with E-state index in [4.69, 9.17) is 0 Å². The van der Waals surface area contributed by atoms with E-state index < -0.39 is 0 Å². The molecule has 10 nitrogen and oxygen atoms in total. The average molecular weight is 417 g/mol. The summed E-state index contributed by atoms with van der Waals surface area (Å²) in [5.74, 6) is 3.16. The van der Waals surface area contributed by atoms with E-state index in [0.717, 1.165) is 23.0 Å². The van der Waals surface area contributed by atoms with Crippen LogP contribution in [0.25, 0.3) is 16.9 Å². The summed E-state index contributed by atoms with van der Waals surface area (Å²) < 4.78 is 3.69. The highest BCUT2D eigenvalue weighted by Gasteiger charge is 2.32. The summed E-state index contributed by atoms with van der Waals surface area (Å²) in [6, 6.07) is 7.58. The van der Waals surface area contributed by atoms with Crippen LogP contribution < -0.4 is 10.2 Å². The molecule has 4 aromatic heterocycles. The fraction of sp³-hybridized carbons (Fsp3) is 0.333. The number of pyridine rings is 1. The lowest BCUT2D eigenvalue weighted by molar-refractivity contribution is -0.118. The zero-order chi connectivity index (χ0) is 21.7. The number of carbonyl (C=O) groups is 1. The first kappa shape index (κ1) is 19.2. The molecule has 31 heavy (non-hydrogen) atoms. The molecule has 4 aromatic rings. The van der Waals surface area contributed by atoms with Crippen molar-refractivity contribution in [3.8, 4) is 11.3 Å². The Morgan fingerprint density at radius 1 is 1.13 bits per heavy atom. The Kier molecular flexibility index (Phi) is 4.42. The van der Waals surface area contributed by atoms with Crippen molar-refractivity contribution < 1.29 is 4.79 Å². The summed E-state index contributed by atoms with van der Waals surface area (Å²) in [7, 11) is 3.64. The molecule has 1 atom stereocenters. The second kappa shape index (κ2) is 7.15. The third-order valence-corrected chi connectivity index (χ3v) is 5.77. The van der Waals surface area contributed by atoms with Crippen molar-refractivity contribution in [2.45, 2.75) is 26.2 Å². The van der Waals surface area contributed by atoms with Crippen LogP contribution in [-0.4, -0.2) is 47.3 Å². The molecular formula is C21H23N9O. The highest BCUT2D eigenvalue weighted by Crippen LogP contribution is 2.36. The fourth-order valence-electron chi connectivity index (χ4n) is 3.93. The molecule has 5 heterocycles. The van der Waals surface area contributed by atoms with E-state index in [9.17, 15) is 4.79 Å². The fourth-order valence-corrected chi connectivity index (χ4v) is 3.93. The Bertz CT molecular complexity index is 1290. The summed E-state index contributed by atoms with van der Waals surface area (Å²) in [6.45, 7) is 4.21. The van der Waals surface area contributed by atoms with Crippen molar-refractivity contribution in [3.05, 3.63) is 42.5 Å². The van der Waals surface area contributed by atoms with Gasteiger partial charge in [-0.2, -0.15) is 5.10 Å². The minimum atomic E-state index is 0.0193. The Labute approximate surface area is 179 Å². The second-order valence-electron chi connectivity index (χ2n) is 8.09. The maximum Gasteiger partial charge on any atom is 0.228 e. The molecule has 158 valence electrons. The standard InChI is InChI=1S/C21H23N9O/c1-12(2)14-11-19(31)28(3)18-10-13(9-17-26-27-20(14)30(17)18)15-5-7-22-21(24-15)25-16-6-8-23-29(16)4/h5-10,12,14H,11H2,1-4H3,(H,22,24,25)/t14-/m0/s1. The number of carbonyl (C=O) groups excluding carboxylic acids is 1. The van der Waals surface area contributed by atoms with Crippen LogP contribution in [0.3, 0.4) is 0 Å². The number of rotatable bonds is 4. The van der Waals surface area contributed by atoms with E-state index in [1.54, 1.807) is 29.0 Å². The molecule has 0 fully saturated rings. The molecule has 0 bridgehead atoms. The van der Waals surface area contributed by atoms with Gasteiger partial charge in [0.1, 0.15) is 17.5 Å². The van der Waals surface area contributed by atoms with Gasteiger partial charge < -0.3 is 10.2 Å². The molecule has 0 radical (unpaired) electrons. The number of nitrogens with one attached hydrogen (secondary N) is 1. The van der Waals surface area contributed by atoms with Gasteiger partial charge in [-0.25, -0.2) is 9.97 Å². The van der Waals surface area contributed by atoms with Crippen LogP contribution in [-0.2, 0) is 11.8 Å². The summed E-state index contributed by atoms with van der Waals surface area (Å²) in [4.78, 5) is 23.5. The van der Waals surface area contributed by atoms with Gasteiger partial charge in [0.2, 0.25) is 11.9 Å². The van der Waals surface area contributed by atoms with E-state index in [2.05, 4.69) is 44.4 Å². The van der Waals surface area contributed by atoms with Crippen molar-refractivity contribution in [1.29, 1.82) is 0 Å². The van der Waals surface area contributed by atoms with Gasteiger partial charge in [-0.05, 0) is 24.1 Å². The predicted octanol–water partition coefficient (Wildman–Crippen LogP) is 2.77. The SMILES string of the molecule is CC(C)[C@@H]1CC(=O)N(C)c2cc(-c3ccnc(Nc4ccnn4C)n3)cc3nnc1n23. The summed E-state index contributed by atoms with van der Waals surface area (Å²) >= 11 is 0. The molecule has 10 heteroatoms. The van der Waals surface area contributed by atoms with E-state index in [0.29, 0.717) is 23.7 Å². The molecule has 5 rings (SSSR count). The minimum Gasteiger partial charge on any atom is -0.309 e. The highest BCUT2D eigenvalue weighted by molar-refractivity contribution is 5.94. The van der Waals surface area contributed by atoms with Gasteiger partial charge in [-0.1, -0.05) is 13.8 Å². The smallest absolute Gasteiger partial charge is 0.228 e. The number of aromatic nitrogens is 7. The number of aryl methyl sites for hydroxylation is 1. The molecule has 0 spiro atoms. The average Bonchev–Trinajstić information content (AvgIpc) is 3.34. The van der Waals surface area contributed by atoms with Crippen LogP contribution >= 0.6 is 0 Å². The van der Waals surface area contributed by atoms with Crippen LogP contribution in [0.5, 0.6) is 0 Å². The number of anilines is 3. The van der Waals surface area contributed by atoms with Gasteiger partial charge in [0, 0.05) is 44.3 Å². The van der Waals surface area contributed by atoms with Crippen molar-refractivity contribution in [3.63, 3.8) is 0 Å². The molecule has 0 aromatic carbocycles. The van der Waals surface area contributed by atoms with Gasteiger partial charge in [0.05, 0.1) is 11.9 Å². The Morgan fingerprint density at radius 3 is 2.71 bits per heavy atom. The van der Waals surface area contributed by atoms with Gasteiger partial charge in [0.15, 0.2) is 5.65 Å². The van der Waals surface area contributed by atoms with E-state index in [1.165, 1.54) is 0 Å². The van der Waals surface area contributed by atoms with Gasteiger partial charge in [-0.3, -0.25) is 13.9 Å².